The zero-order valence-electron chi connectivity index (χ0n) is 9.12. The topological polar surface area (TPSA) is 127 Å². The summed E-state index contributed by atoms with van der Waals surface area (Å²) in [6.45, 7) is 0. The second kappa shape index (κ2) is 5.52. The second-order valence-corrected chi connectivity index (χ2v) is 3.64. The fourth-order valence-corrected chi connectivity index (χ4v) is 1.45. The molecule has 7 nitrogen and oxygen atoms in total. The number of nitrogens with zero attached hydrogens (tertiary/aromatic N) is 1. The molecular weight excluding hydrogens is 247 g/mol. The van der Waals surface area contributed by atoms with Gasteiger partial charge in [0.15, 0.2) is 0 Å². The van der Waals surface area contributed by atoms with Crippen molar-refractivity contribution in [1.82, 2.24) is 0 Å². The molecule has 8 heteroatoms. The molecule has 4 N–H and O–H groups in total. The minimum absolute atomic E-state index is 0.282. The van der Waals surface area contributed by atoms with E-state index in [1.807, 2.05) is 0 Å². The molecule has 2 unspecified atom stereocenters. The normalized spacial score (nSPS) is 13.9. The maximum absolute atomic E-state index is 12.9. The van der Waals surface area contributed by atoms with Crippen molar-refractivity contribution in [3.8, 4) is 0 Å². The lowest BCUT2D eigenvalue weighted by Gasteiger charge is -2.16. The van der Waals surface area contributed by atoms with Gasteiger partial charge in [0.25, 0.3) is 5.69 Å². The van der Waals surface area contributed by atoms with E-state index in [1.54, 1.807) is 0 Å². The first kappa shape index (κ1) is 14.0. The van der Waals surface area contributed by atoms with Gasteiger partial charge in [-0.2, -0.15) is 0 Å². The minimum atomic E-state index is -1.70. The van der Waals surface area contributed by atoms with Crippen molar-refractivity contribution in [2.24, 2.45) is 5.73 Å². The molecule has 1 aromatic carbocycles. The van der Waals surface area contributed by atoms with E-state index in [9.17, 15) is 29.5 Å². The first-order valence-electron chi connectivity index (χ1n) is 4.91. The number of hydrogen-bond donors (Lipinski definition) is 3. The van der Waals surface area contributed by atoms with Gasteiger partial charge in [-0.25, -0.2) is 4.39 Å². The number of benzene rings is 1. The Balaban J connectivity index is 3.08. The van der Waals surface area contributed by atoms with E-state index in [2.05, 4.69) is 0 Å². The number of nitro benzene ring substituents is 1. The number of carbonyl (C=O) groups is 1. The smallest absolute Gasteiger partial charge is 0.278 e. The number of hydrogen-bond acceptors (Lipinski definition) is 5. The minimum Gasteiger partial charge on any atom is -0.390 e. The van der Waals surface area contributed by atoms with Gasteiger partial charge in [-0.1, -0.05) is 0 Å². The predicted octanol–water partition coefficient (Wildman–Crippen LogP) is 0.00360. The second-order valence-electron chi connectivity index (χ2n) is 3.64. The third kappa shape index (κ3) is 3.22. The molecule has 0 aliphatic carbocycles. The van der Waals surface area contributed by atoms with Crippen molar-refractivity contribution >= 4 is 11.6 Å². The Morgan fingerprint density at radius 1 is 1.50 bits per heavy atom. The Morgan fingerprint density at radius 3 is 2.61 bits per heavy atom. The summed E-state index contributed by atoms with van der Waals surface area (Å²) in [5, 5.41) is 29.8. The molecule has 1 rings (SSSR count). The first-order chi connectivity index (χ1) is 8.32. The SMILES string of the molecule is NC(=O)CC(O)C(O)c1ccc(F)cc1[N+](=O)[O-]. The molecule has 98 valence electrons. The molecule has 0 saturated heterocycles. The molecule has 0 spiro atoms. The Hall–Kier alpha value is -2.06. The van der Waals surface area contributed by atoms with Crippen LogP contribution in [0.15, 0.2) is 18.2 Å². The largest absolute Gasteiger partial charge is 0.390 e. The number of aliphatic hydroxyl groups excluding tert-OH is 2. The fraction of sp³-hybridized carbons (Fsp3) is 0.300. The van der Waals surface area contributed by atoms with Gasteiger partial charge in [0.1, 0.15) is 11.9 Å². The Labute approximate surface area is 101 Å². The number of halogens is 1. The average molecular weight is 258 g/mol. The van der Waals surface area contributed by atoms with Crippen LogP contribution in [-0.2, 0) is 4.79 Å². The van der Waals surface area contributed by atoms with E-state index >= 15 is 0 Å². The van der Waals surface area contributed by atoms with Crippen molar-refractivity contribution in [1.29, 1.82) is 0 Å². The summed E-state index contributed by atoms with van der Waals surface area (Å²) in [4.78, 5) is 20.4. The van der Waals surface area contributed by atoms with E-state index in [1.165, 1.54) is 0 Å². The molecule has 0 aliphatic rings. The van der Waals surface area contributed by atoms with Crippen molar-refractivity contribution < 1.29 is 24.3 Å². The molecule has 2 atom stereocenters. The van der Waals surface area contributed by atoms with Gasteiger partial charge in [0.2, 0.25) is 5.91 Å². The Morgan fingerprint density at radius 2 is 2.11 bits per heavy atom. The average Bonchev–Trinajstić information content (AvgIpc) is 2.26. The zero-order valence-corrected chi connectivity index (χ0v) is 9.12. The van der Waals surface area contributed by atoms with E-state index in [0.717, 1.165) is 12.1 Å². The molecule has 0 radical (unpaired) electrons. The molecular formula is C10H11FN2O5. The van der Waals surface area contributed by atoms with Crippen molar-refractivity contribution in [3.05, 3.63) is 39.7 Å². The maximum Gasteiger partial charge on any atom is 0.278 e. The van der Waals surface area contributed by atoms with Crippen LogP contribution >= 0.6 is 0 Å². The molecule has 0 heterocycles. The summed E-state index contributed by atoms with van der Waals surface area (Å²) in [7, 11) is 0. The van der Waals surface area contributed by atoms with Crippen LogP contribution in [0, 0.1) is 15.9 Å². The number of amides is 1. The number of nitrogens with two attached hydrogens (primary N) is 1. The van der Waals surface area contributed by atoms with Crippen molar-refractivity contribution in [2.45, 2.75) is 18.6 Å². The summed E-state index contributed by atoms with van der Waals surface area (Å²) in [5.74, 6) is -1.71. The molecule has 1 aromatic rings. The Kier molecular flexibility index (Phi) is 4.29. The number of rotatable bonds is 5. The van der Waals surface area contributed by atoms with Crippen LogP contribution in [0.4, 0.5) is 10.1 Å². The van der Waals surface area contributed by atoms with Crippen LogP contribution in [0.2, 0.25) is 0 Å². The van der Waals surface area contributed by atoms with Crippen LogP contribution < -0.4 is 5.73 Å². The highest BCUT2D eigenvalue weighted by Gasteiger charge is 2.27. The van der Waals surface area contributed by atoms with Gasteiger partial charge in [0, 0.05) is 0 Å². The van der Waals surface area contributed by atoms with Crippen LogP contribution in [-0.4, -0.2) is 27.1 Å². The fourth-order valence-electron chi connectivity index (χ4n) is 1.45. The van der Waals surface area contributed by atoms with Crippen LogP contribution in [0.1, 0.15) is 18.1 Å². The monoisotopic (exact) mass is 258 g/mol. The van der Waals surface area contributed by atoms with Gasteiger partial charge in [-0.3, -0.25) is 14.9 Å². The van der Waals surface area contributed by atoms with E-state index in [4.69, 9.17) is 5.73 Å². The Bertz CT molecular complexity index is 479. The molecule has 0 aliphatic heterocycles. The quantitative estimate of drug-likeness (QED) is 0.506. The number of aliphatic hydroxyl groups is 2. The van der Waals surface area contributed by atoms with Crippen molar-refractivity contribution in [3.63, 3.8) is 0 Å². The van der Waals surface area contributed by atoms with Gasteiger partial charge in [-0.15, -0.1) is 0 Å². The third-order valence-electron chi connectivity index (χ3n) is 2.28. The molecule has 0 aromatic heterocycles. The lowest BCUT2D eigenvalue weighted by atomic mass is 10.00. The number of carbonyl (C=O) groups excluding carboxylic acids is 1. The summed E-state index contributed by atoms with van der Waals surface area (Å²) >= 11 is 0. The highest BCUT2D eigenvalue weighted by molar-refractivity contribution is 5.74. The molecule has 0 saturated carbocycles. The highest BCUT2D eigenvalue weighted by atomic mass is 19.1. The van der Waals surface area contributed by atoms with E-state index in [0.29, 0.717) is 6.07 Å². The van der Waals surface area contributed by atoms with E-state index < -0.39 is 41.0 Å². The van der Waals surface area contributed by atoms with Gasteiger partial charge in [0.05, 0.1) is 29.1 Å². The van der Waals surface area contributed by atoms with Gasteiger partial charge >= 0.3 is 0 Å². The molecule has 0 bridgehead atoms. The summed E-state index contributed by atoms with van der Waals surface area (Å²) < 4.78 is 12.9. The lowest BCUT2D eigenvalue weighted by Crippen LogP contribution is -2.26. The van der Waals surface area contributed by atoms with Crippen molar-refractivity contribution in [2.75, 3.05) is 0 Å². The first-order valence-corrected chi connectivity index (χ1v) is 4.91. The maximum atomic E-state index is 12.9. The molecule has 1 amide bonds. The number of nitro groups is 1. The molecule has 0 fully saturated rings. The van der Waals surface area contributed by atoms with Crippen LogP contribution in [0.3, 0.4) is 0 Å². The highest BCUT2D eigenvalue weighted by Crippen LogP contribution is 2.28. The summed E-state index contributed by atoms with van der Waals surface area (Å²) in [5.41, 5.74) is 3.87. The number of primary amides is 1. The zero-order chi connectivity index (χ0) is 13.9. The third-order valence-corrected chi connectivity index (χ3v) is 2.28. The van der Waals surface area contributed by atoms with E-state index in [-0.39, 0.29) is 5.56 Å². The summed E-state index contributed by atoms with van der Waals surface area (Å²) in [6.07, 6.45) is -3.85. The van der Waals surface area contributed by atoms with Crippen LogP contribution in [0.5, 0.6) is 0 Å². The standard InChI is InChI=1S/C10H11FN2O5/c11-5-1-2-6(7(3-5)13(17)18)10(16)8(14)4-9(12)15/h1-3,8,10,14,16H,4H2,(H2,12,15). The lowest BCUT2D eigenvalue weighted by molar-refractivity contribution is -0.386. The van der Waals surface area contributed by atoms with Crippen LogP contribution in [0.25, 0.3) is 0 Å². The van der Waals surface area contributed by atoms with Gasteiger partial charge in [-0.05, 0) is 12.1 Å². The van der Waals surface area contributed by atoms with Gasteiger partial charge < -0.3 is 15.9 Å². The summed E-state index contributed by atoms with van der Waals surface area (Å²) in [6, 6.07) is 2.50. The molecule has 18 heavy (non-hydrogen) atoms. The predicted molar refractivity (Wildman–Crippen MR) is 57.8 cm³/mol.